The lowest BCUT2D eigenvalue weighted by atomic mass is 9.94. The topological polar surface area (TPSA) is 122 Å². The van der Waals surface area contributed by atoms with Gasteiger partial charge < -0.3 is 14.2 Å². The van der Waals surface area contributed by atoms with E-state index in [4.69, 9.17) is 25.8 Å². The number of nitro groups is 1. The van der Waals surface area contributed by atoms with Crippen LogP contribution in [0, 0.1) is 20.6 Å². The largest absolute Gasteiger partial charge is 0.493 e. The second kappa shape index (κ2) is 13.5. The van der Waals surface area contributed by atoms with E-state index in [2.05, 4.69) is 27.6 Å². The van der Waals surface area contributed by atoms with E-state index >= 15 is 0 Å². The number of methoxy groups -OCH3 is 1. The number of benzene rings is 3. The molecule has 0 N–H and O–H groups in total. The summed E-state index contributed by atoms with van der Waals surface area (Å²) in [6, 6.07) is 14.7. The van der Waals surface area contributed by atoms with Crippen LogP contribution in [0.5, 0.6) is 11.5 Å². The highest BCUT2D eigenvalue weighted by atomic mass is 127. The molecule has 0 unspecified atom stereocenters. The number of thiazole rings is 1. The number of aromatic nitrogens is 1. The van der Waals surface area contributed by atoms with Crippen LogP contribution in [0.15, 0.2) is 75.7 Å². The van der Waals surface area contributed by atoms with Gasteiger partial charge in [0.15, 0.2) is 16.3 Å². The SMILES string of the molecule is CCOC(=O)C1=C(C)N=c2s/c(=C/c3cc(I)c(OCc4ccc(Cl)cc4)c(OC)c3)c(=O)n2[C@H]1c1ccc(C)c([N+](=O)[O-])c1. The molecule has 10 nitrogen and oxygen atoms in total. The van der Waals surface area contributed by atoms with Crippen LogP contribution in [-0.2, 0) is 16.1 Å². The van der Waals surface area contributed by atoms with E-state index in [0.717, 1.165) is 20.5 Å². The third kappa shape index (κ3) is 6.67. The van der Waals surface area contributed by atoms with Crippen molar-refractivity contribution < 1.29 is 23.9 Å². The molecule has 0 saturated heterocycles. The predicted octanol–water partition coefficient (Wildman–Crippen LogP) is 5.86. The van der Waals surface area contributed by atoms with Gasteiger partial charge in [-0.3, -0.25) is 19.5 Å². The number of nitrogens with zero attached hydrogens (tertiary/aromatic N) is 3. The van der Waals surface area contributed by atoms with E-state index in [-0.39, 0.29) is 17.9 Å². The molecule has 1 aliphatic heterocycles. The van der Waals surface area contributed by atoms with Crippen molar-refractivity contribution in [3.05, 3.63) is 127 Å². The first-order valence-electron chi connectivity index (χ1n) is 13.7. The molecule has 0 bridgehead atoms. The summed E-state index contributed by atoms with van der Waals surface area (Å²) in [4.78, 5) is 43.4. The van der Waals surface area contributed by atoms with Crippen LogP contribution in [0.2, 0.25) is 5.02 Å². The Kier molecular flexibility index (Phi) is 9.75. The van der Waals surface area contributed by atoms with Crippen LogP contribution in [-0.4, -0.2) is 29.2 Å². The summed E-state index contributed by atoms with van der Waals surface area (Å²) in [6.45, 7) is 5.39. The summed E-state index contributed by atoms with van der Waals surface area (Å²) in [5, 5.41) is 12.4. The number of hydrogen-bond donors (Lipinski definition) is 0. The molecule has 0 amide bonds. The number of esters is 1. The van der Waals surface area contributed by atoms with Gasteiger partial charge >= 0.3 is 5.97 Å². The smallest absolute Gasteiger partial charge is 0.338 e. The summed E-state index contributed by atoms with van der Waals surface area (Å²) in [7, 11) is 1.54. The molecule has 5 rings (SSSR count). The van der Waals surface area contributed by atoms with Crippen LogP contribution in [0.1, 0.15) is 42.1 Å². The van der Waals surface area contributed by atoms with Gasteiger partial charge in [0.05, 0.1) is 44.1 Å². The minimum absolute atomic E-state index is 0.112. The van der Waals surface area contributed by atoms with Crippen LogP contribution >= 0.6 is 45.5 Å². The lowest BCUT2D eigenvalue weighted by molar-refractivity contribution is -0.385. The molecule has 45 heavy (non-hydrogen) atoms. The molecule has 0 saturated carbocycles. The van der Waals surface area contributed by atoms with Crippen LogP contribution < -0.4 is 24.4 Å². The van der Waals surface area contributed by atoms with Gasteiger partial charge in [-0.15, -0.1) is 0 Å². The molecule has 3 aromatic carbocycles. The van der Waals surface area contributed by atoms with Gasteiger partial charge in [-0.25, -0.2) is 9.79 Å². The molecule has 1 aliphatic rings. The number of halogens is 2. The van der Waals surface area contributed by atoms with Crippen molar-refractivity contribution in [2.75, 3.05) is 13.7 Å². The Bertz CT molecular complexity index is 2040. The number of carbonyl (C=O) groups is 1. The molecule has 13 heteroatoms. The quantitative estimate of drug-likeness (QED) is 0.0908. The summed E-state index contributed by atoms with van der Waals surface area (Å²) < 4.78 is 19.6. The molecule has 0 aliphatic carbocycles. The highest BCUT2D eigenvalue weighted by Crippen LogP contribution is 2.36. The summed E-state index contributed by atoms with van der Waals surface area (Å²) >= 11 is 9.30. The fraction of sp³-hybridized carbons (Fsp3) is 0.219. The molecule has 2 heterocycles. The standard InChI is InChI=1S/C32H27ClIN3O7S/c1-5-43-31(39)27-18(3)35-32-36(28(27)21-9-6-17(2)24(15-21)37(40)41)30(38)26(45-32)14-20-12-23(34)29(25(13-20)42-4)44-16-19-7-10-22(33)11-8-19/h6-15,28H,5,16H2,1-4H3/b26-14+/t28-/m0/s1. The van der Waals surface area contributed by atoms with Gasteiger partial charge in [0.1, 0.15) is 6.61 Å². The maximum Gasteiger partial charge on any atom is 0.338 e. The first-order chi connectivity index (χ1) is 21.5. The lowest BCUT2D eigenvalue weighted by Crippen LogP contribution is -2.40. The maximum absolute atomic E-state index is 14.0. The Morgan fingerprint density at radius 3 is 2.58 bits per heavy atom. The van der Waals surface area contributed by atoms with E-state index in [1.54, 1.807) is 64.3 Å². The Hall–Kier alpha value is -4.01. The van der Waals surface area contributed by atoms with Crippen molar-refractivity contribution in [1.82, 2.24) is 4.57 Å². The number of rotatable bonds is 9. The van der Waals surface area contributed by atoms with Crippen molar-refractivity contribution in [2.45, 2.75) is 33.4 Å². The molecule has 0 fully saturated rings. The fourth-order valence-electron chi connectivity index (χ4n) is 4.95. The number of aryl methyl sites for hydroxylation is 1. The van der Waals surface area contributed by atoms with Crippen LogP contribution in [0.4, 0.5) is 5.69 Å². The van der Waals surface area contributed by atoms with Crippen molar-refractivity contribution in [2.24, 2.45) is 4.99 Å². The fourth-order valence-corrected chi connectivity index (χ4v) is 6.90. The third-order valence-corrected chi connectivity index (χ3v) is 9.14. The summed E-state index contributed by atoms with van der Waals surface area (Å²) in [5.74, 6) is 0.400. The van der Waals surface area contributed by atoms with E-state index in [1.807, 2.05) is 18.2 Å². The molecule has 0 radical (unpaired) electrons. The Balaban J connectivity index is 1.60. The normalized spacial score (nSPS) is 14.5. The molecular formula is C32H27ClIN3O7S. The van der Waals surface area contributed by atoms with Gasteiger partial charge in [0.2, 0.25) is 0 Å². The molecule has 4 aromatic rings. The number of nitro benzene ring substituents is 1. The van der Waals surface area contributed by atoms with Crippen molar-refractivity contribution >= 4 is 63.3 Å². The molecule has 232 valence electrons. The lowest BCUT2D eigenvalue weighted by Gasteiger charge is -2.24. The molecular weight excluding hydrogens is 733 g/mol. The average Bonchev–Trinajstić information content (AvgIpc) is 3.30. The van der Waals surface area contributed by atoms with Gasteiger partial charge in [0.25, 0.3) is 11.2 Å². The zero-order valence-electron chi connectivity index (χ0n) is 24.6. The molecule has 1 atom stereocenters. The van der Waals surface area contributed by atoms with Gasteiger partial charge in [-0.2, -0.15) is 0 Å². The van der Waals surface area contributed by atoms with E-state index in [1.165, 1.54) is 10.6 Å². The van der Waals surface area contributed by atoms with Crippen LogP contribution in [0.25, 0.3) is 6.08 Å². The van der Waals surface area contributed by atoms with Crippen molar-refractivity contribution in [1.29, 1.82) is 0 Å². The molecule has 1 aromatic heterocycles. The van der Waals surface area contributed by atoms with Crippen molar-refractivity contribution in [3.63, 3.8) is 0 Å². The van der Waals surface area contributed by atoms with Gasteiger partial charge in [-0.05, 0) is 90.4 Å². The number of fused-ring (bicyclic) bond motifs is 1. The van der Waals surface area contributed by atoms with Crippen molar-refractivity contribution in [3.8, 4) is 11.5 Å². The highest BCUT2D eigenvalue weighted by Gasteiger charge is 2.34. The maximum atomic E-state index is 14.0. The van der Waals surface area contributed by atoms with Crippen LogP contribution in [0.3, 0.4) is 0 Å². The predicted molar refractivity (Wildman–Crippen MR) is 180 cm³/mol. The van der Waals surface area contributed by atoms with E-state index in [9.17, 15) is 19.7 Å². The first-order valence-corrected chi connectivity index (χ1v) is 16.0. The summed E-state index contributed by atoms with van der Waals surface area (Å²) in [6.07, 6.45) is 1.72. The second-order valence-electron chi connectivity index (χ2n) is 10.1. The highest BCUT2D eigenvalue weighted by molar-refractivity contribution is 14.1. The van der Waals surface area contributed by atoms with Gasteiger partial charge in [0, 0.05) is 16.7 Å². The van der Waals surface area contributed by atoms with Gasteiger partial charge in [-0.1, -0.05) is 47.2 Å². The first kappa shape index (κ1) is 32.4. The minimum atomic E-state index is -0.972. The molecule has 0 spiro atoms. The zero-order chi connectivity index (χ0) is 32.4. The van der Waals surface area contributed by atoms with E-state index in [0.29, 0.717) is 54.8 Å². The Morgan fingerprint density at radius 2 is 1.91 bits per heavy atom. The monoisotopic (exact) mass is 759 g/mol. The zero-order valence-corrected chi connectivity index (χ0v) is 28.4. The Morgan fingerprint density at radius 1 is 1.18 bits per heavy atom. The number of ether oxygens (including phenoxy) is 3. The minimum Gasteiger partial charge on any atom is -0.493 e. The number of hydrogen-bond acceptors (Lipinski definition) is 9. The summed E-state index contributed by atoms with van der Waals surface area (Å²) in [5.41, 5.74) is 2.47. The van der Waals surface area contributed by atoms with E-state index < -0.39 is 22.5 Å². The average molecular weight is 760 g/mol. The number of allylic oxidation sites excluding steroid dienone is 1. The Labute approximate surface area is 280 Å². The number of carbonyl (C=O) groups excluding carboxylic acids is 1. The second-order valence-corrected chi connectivity index (χ2v) is 12.7. The third-order valence-electron chi connectivity index (χ3n) is 7.11.